The molecular weight excluding hydrogens is 270 g/mol. The molecule has 8 heteroatoms. The van der Waals surface area contributed by atoms with Crippen LogP contribution >= 0.6 is 0 Å². The minimum atomic E-state index is -2.46. The first-order valence-corrected chi connectivity index (χ1v) is 6.44. The van der Waals surface area contributed by atoms with Gasteiger partial charge in [0.25, 0.3) is 6.43 Å². The fraction of sp³-hybridized carbons (Fsp3) is 0.750. The van der Waals surface area contributed by atoms with E-state index in [2.05, 4.69) is 10.5 Å². The van der Waals surface area contributed by atoms with Crippen LogP contribution in [0.4, 0.5) is 8.78 Å². The molecule has 0 saturated carbocycles. The molecule has 0 fully saturated rings. The molecule has 0 aliphatic rings. The van der Waals surface area contributed by atoms with Gasteiger partial charge in [0.2, 0.25) is 0 Å². The molecular formula is C12H22F2N4O2. The van der Waals surface area contributed by atoms with Gasteiger partial charge in [-0.1, -0.05) is 0 Å². The van der Waals surface area contributed by atoms with Gasteiger partial charge >= 0.3 is 0 Å². The Morgan fingerprint density at radius 1 is 1.45 bits per heavy atom. The summed E-state index contributed by atoms with van der Waals surface area (Å²) in [5.74, 6) is 6.16. The zero-order valence-corrected chi connectivity index (χ0v) is 12.0. The molecule has 3 N–H and O–H groups in total. The van der Waals surface area contributed by atoms with Crippen LogP contribution in [-0.2, 0) is 4.74 Å². The van der Waals surface area contributed by atoms with Crippen molar-refractivity contribution in [3.8, 4) is 5.75 Å². The molecule has 1 atom stereocenters. The summed E-state index contributed by atoms with van der Waals surface area (Å²) < 4.78 is 35.9. The Morgan fingerprint density at radius 3 is 2.65 bits per heavy atom. The third-order valence-corrected chi connectivity index (χ3v) is 2.83. The Balaban J connectivity index is 2.75. The zero-order valence-electron chi connectivity index (χ0n) is 12.0. The number of halogens is 2. The molecule has 1 aromatic rings. The molecule has 0 aromatic carbocycles. The van der Waals surface area contributed by atoms with E-state index in [9.17, 15) is 8.78 Å². The molecule has 0 amide bonds. The van der Waals surface area contributed by atoms with Crippen molar-refractivity contribution in [1.29, 1.82) is 0 Å². The molecule has 20 heavy (non-hydrogen) atoms. The topological polar surface area (TPSA) is 74.3 Å². The van der Waals surface area contributed by atoms with Gasteiger partial charge in [-0.25, -0.2) is 8.78 Å². The second kappa shape index (κ2) is 8.13. The third-order valence-electron chi connectivity index (χ3n) is 2.83. The Kier molecular flexibility index (Phi) is 6.83. The van der Waals surface area contributed by atoms with Crippen molar-refractivity contribution in [2.45, 2.75) is 38.8 Å². The molecule has 1 heterocycles. The van der Waals surface area contributed by atoms with E-state index in [0.717, 1.165) is 5.69 Å². The van der Waals surface area contributed by atoms with Crippen molar-refractivity contribution in [3.05, 3.63) is 11.9 Å². The van der Waals surface area contributed by atoms with Gasteiger partial charge in [-0.2, -0.15) is 5.10 Å². The predicted octanol–water partition coefficient (Wildman–Crippen LogP) is 1.65. The van der Waals surface area contributed by atoms with Crippen LogP contribution in [-0.4, -0.2) is 36.5 Å². The summed E-state index contributed by atoms with van der Waals surface area (Å²) in [5, 5.41) is 4.25. The van der Waals surface area contributed by atoms with E-state index in [4.69, 9.17) is 15.3 Å². The summed E-state index contributed by atoms with van der Waals surface area (Å²) in [4.78, 5) is 0. The quantitative estimate of drug-likeness (QED) is 0.411. The minimum absolute atomic E-state index is 0.131. The molecule has 1 aromatic heterocycles. The summed E-state index contributed by atoms with van der Waals surface area (Å²) in [6.07, 6.45) is -0.410. The standard InChI is InChI=1S/C12H22F2N4O2/c1-8(2)18-12(10(19-3)6-16-18)9(17-15)4-5-20-7-11(13)14/h6,8-9,11,17H,4-5,7,15H2,1-3H3. The van der Waals surface area contributed by atoms with Crippen molar-refractivity contribution in [1.82, 2.24) is 15.2 Å². The summed E-state index contributed by atoms with van der Waals surface area (Å²) in [6, 6.07) is -0.153. The lowest BCUT2D eigenvalue weighted by Gasteiger charge is -2.20. The van der Waals surface area contributed by atoms with Gasteiger partial charge in [0.1, 0.15) is 6.61 Å². The number of methoxy groups -OCH3 is 1. The number of hydrogen-bond acceptors (Lipinski definition) is 5. The molecule has 0 aliphatic heterocycles. The molecule has 1 rings (SSSR count). The zero-order chi connectivity index (χ0) is 15.1. The van der Waals surface area contributed by atoms with E-state index in [-0.39, 0.29) is 18.7 Å². The van der Waals surface area contributed by atoms with Crippen LogP contribution in [0.2, 0.25) is 0 Å². The van der Waals surface area contributed by atoms with E-state index in [1.807, 2.05) is 13.8 Å². The molecule has 0 aliphatic carbocycles. The average molecular weight is 292 g/mol. The monoisotopic (exact) mass is 292 g/mol. The highest BCUT2D eigenvalue weighted by atomic mass is 19.3. The molecule has 0 saturated heterocycles. The number of alkyl halides is 2. The van der Waals surface area contributed by atoms with Crippen LogP contribution < -0.4 is 16.0 Å². The van der Waals surface area contributed by atoms with Crippen LogP contribution in [0.15, 0.2) is 6.20 Å². The Labute approximate surface area is 117 Å². The second-order valence-electron chi connectivity index (χ2n) is 4.61. The maximum Gasteiger partial charge on any atom is 0.261 e. The highest BCUT2D eigenvalue weighted by Crippen LogP contribution is 2.28. The van der Waals surface area contributed by atoms with Crippen LogP contribution in [0.1, 0.15) is 38.0 Å². The molecule has 1 unspecified atom stereocenters. The highest BCUT2D eigenvalue weighted by Gasteiger charge is 2.22. The molecule has 6 nitrogen and oxygen atoms in total. The van der Waals surface area contributed by atoms with Gasteiger partial charge in [0, 0.05) is 12.6 Å². The maximum atomic E-state index is 12.0. The summed E-state index contributed by atoms with van der Waals surface area (Å²) in [6.45, 7) is 3.57. The van der Waals surface area contributed by atoms with Crippen molar-refractivity contribution in [2.24, 2.45) is 5.84 Å². The van der Waals surface area contributed by atoms with Gasteiger partial charge in [-0.3, -0.25) is 16.0 Å². The normalized spacial score (nSPS) is 13.2. The van der Waals surface area contributed by atoms with Gasteiger partial charge < -0.3 is 9.47 Å². The fourth-order valence-corrected chi connectivity index (χ4v) is 1.93. The molecule has 0 radical (unpaired) electrons. The number of rotatable bonds is 9. The van der Waals surface area contributed by atoms with Gasteiger partial charge in [0.15, 0.2) is 5.75 Å². The number of nitrogens with two attached hydrogens (primary N) is 1. The van der Waals surface area contributed by atoms with Gasteiger partial charge in [-0.05, 0) is 20.3 Å². The first kappa shape index (κ1) is 16.8. The number of hydrazine groups is 1. The average Bonchev–Trinajstić information content (AvgIpc) is 2.82. The van der Waals surface area contributed by atoms with E-state index in [0.29, 0.717) is 12.2 Å². The maximum absolute atomic E-state index is 12.0. The smallest absolute Gasteiger partial charge is 0.261 e. The van der Waals surface area contributed by atoms with Gasteiger partial charge in [0.05, 0.1) is 25.0 Å². The van der Waals surface area contributed by atoms with Crippen molar-refractivity contribution in [2.75, 3.05) is 20.3 Å². The van der Waals surface area contributed by atoms with E-state index < -0.39 is 13.0 Å². The number of nitrogens with zero attached hydrogens (tertiary/aromatic N) is 2. The lowest BCUT2D eigenvalue weighted by Crippen LogP contribution is -2.31. The number of hydrogen-bond donors (Lipinski definition) is 2. The largest absolute Gasteiger partial charge is 0.493 e. The minimum Gasteiger partial charge on any atom is -0.493 e. The fourth-order valence-electron chi connectivity index (χ4n) is 1.93. The van der Waals surface area contributed by atoms with E-state index in [1.165, 1.54) is 0 Å². The molecule has 116 valence electrons. The van der Waals surface area contributed by atoms with E-state index in [1.54, 1.807) is 18.0 Å². The van der Waals surface area contributed by atoms with Crippen molar-refractivity contribution in [3.63, 3.8) is 0 Å². The van der Waals surface area contributed by atoms with Crippen LogP contribution in [0, 0.1) is 0 Å². The van der Waals surface area contributed by atoms with Crippen molar-refractivity contribution >= 4 is 0 Å². The van der Waals surface area contributed by atoms with Crippen LogP contribution in [0.5, 0.6) is 5.75 Å². The number of nitrogens with one attached hydrogen (secondary N) is 1. The predicted molar refractivity (Wildman–Crippen MR) is 70.7 cm³/mol. The first-order valence-electron chi connectivity index (χ1n) is 6.44. The van der Waals surface area contributed by atoms with E-state index >= 15 is 0 Å². The Morgan fingerprint density at radius 2 is 2.15 bits per heavy atom. The second-order valence-corrected chi connectivity index (χ2v) is 4.61. The number of ether oxygens (including phenoxy) is 2. The summed E-state index contributed by atoms with van der Waals surface area (Å²) >= 11 is 0. The summed E-state index contributed by atoms with van der Waals surface area (Å²) in [5.41, 5.74) is 3.44. The van der Waals surface area contributed by atoms with Gasteiger partial charge in [-0.15, -0.1) is 0 Å². The third kappa shape index (κ3) is 4.39. The lowest BCUT2D eigenvalue weighted by atomic mass is 10.1. The SMILES string of the molecule is COc1cnn(C(C)C)c1C(CCOCC(F)F)NN. The molecule has 0 bridgehead atoms. The van der Waals surface area contributed by atoms with Crippen LogP contribution in [0.3, 0.4) is 0 Å². The first-order chi connectivity index (χ1) is 9.51. The summed E-state index contributed by atoms with van der Waals surface area (Å²) in [7, 11) is 1.55. The Hall–Kier alpha value is -1.25. The van der Waals surface area contributed by atoms with Crippen molar-refractivity contribution < 1.29 is 18.3 Å². The highest BCUT2D eigenvalue weighted by molar-refractivity contribution is 5.28. The Bertz CT molecular complexity index is 399. The number of aromatic nitrogens is 2. The van der Waals surface area contributed by atoms with Crippen LogP contribution in [0.25, 0.3) is 0 Å². The lowest BCUT2D eigenvalue weighted by molar-refractivity contribution is 0.0141. The molecule has 0 spiro atoms.